The van der Waals surface area contributed by atoms with Crippen molar-refractivity contribution in [3.8, 4) is 0 Å². The van der Waals surface area contributed by atoms with Crippen molar-refractivity contribution in [1.82, 2.24) is 0 Å². The van der Waals surface area contributed by atoms with E-state index < -0.39 is 4.92 Å². The number of halogens is 1. The molecule has 0 fully saturated rings. The van der Waals surface area contributed by atoms with E-state index in [9.17, 15) is 14.9 Å². The van der Waals surface area contributed by atoms with Crippen LogP contribution in [0.15, 0.2) is 28.1 Å². The maximum atomic E-state index is 12.1. The molecule has 0 spiro atoms. The molecule has 0 saturated heterocycles. The third-order valence-corrected chi connectivity index (χ3v) is 4.87. The van der Waals surface area contributed by atoms with E-state index in [1.165, 1.54) is 23.5 Å². The van der Waals surface area contributed by atoms with E-state index in [2.05, 4.69) is 21.2 Å². The predicted molar refractivity (Wildman–Crippen MR) is 82.5 cm³/mol. The highest BCUT2D eigenvalue weighted by Gasteiger charge is 2.14. The summed E-state index contributed by atoms with van der Waals surface area (Å²) in [7, 11) is 0. The molecule has 1 heterocycles. The maximum Gasteiger partial charge on any atom is 0.272 e. The van der Waals surface area contributed by atoms with Gasteiger partial charge in [-0.25, -0.2) is 0 Å². The Bertz CT molecular complexity index is 677. The molecule has 1 aromatic heterocycles. The van der Waals surface area contributed by atoms with Gasteiger partial charge in [0.05, 0.1) is 13.6 Å². The third kappa shape index (κ3) is 3.05. The highest BCUT2D eigenvalue weighted by atomic mass is 79.9. The van der Waals surface area contributed by atoms with Crippen molar-refractivity contribution in [3.63, 3.8) is 0 Å². The molecule has 7 heteroatoms. The number of benzene rings is 1. The maximum absolute atomic E-state index is 12.1. The van der Waals surface area contributed by atoms with Crippen molar-refractivity contribution in [1.29, 1.82) is 0 Å². The van der Waals surface area contributed by atoms with Crippen LogP contribution in [0.4, 0.5) is 11.4 Å². The Kier molecular flexibility index (Phi) is 4.20. The van der Waals surface area contributed by atoms with Crippen LogP contribution in [0, 0.1) is 24.0 Å². The second-order valence-corrected chi connectivity index (χ2v) is 6.65. The molecule has 0 saturated carbocycles. The number of carbonyl (C=O) groups is 1. The number of nitrogens with one attached hydrogen (secondary N) is 1. The van der Waals surface area contributed by atoms with Gasteiger partial charge in [-0.2, -0.15) is 0 Å². The molecule has 5 nitrogen and oxygen atoms in total. The van der Waals surface area contributed by atoms with Crippen LogP contribution in [-0.2, 0) is 0 Å². The Morgan fingerprint density at radius 1 is 1.30 bits per heavy atom. The number of hydrogen-bond acceptors (Lipinski definition) is 4. The fourth-order valence-electron chi connectivity index (χ4n) is 1.70. The quantitative estimate of drug-likeness (QED) is 0.660. The second kappa shape index (κ2) is 5.72. The van der Waals surface area contributed by atoms with Crippen molar-refractivity contribution in [2.75, 3.05) is 5.32 Å². The predicted octanol–water partition coefficient (Wildman–Crippen LogP) is 4.29. The van der Waals surface area contributed by atoms with Crippen LogP contribution in [0.2, 0.25) is 0 Å². The minimum atomic E-state index is -0.444. The highest BCUT2D eigenvalue weighted by molar-refractivity contribution is 9.11. The number of nitro groups is 1. The van der Waals surface area contributed by atoms with Crippen LogP contribution in [-0.4, -0.2) is 10.8 Å². The van der Waals surface area contributed by atoms with Gasteiger partial charge in [0.1, 0.15) is 0 Å². The molecule has 0 unspecified atom stereocenters. The summed E-state index contributed by atoms with van der Waals surface area (Å²) >= 11 is 4.72. The first-order valence-electron chi connectivity index (χ1n) is 5.71. The van der Waals surface area contributed by atoms with Crippen molar-refractivity contribution < 1.29 is 9.72 Å². The summed E-state index contributed by atoms with van der Waals surface area (Å²) < 4.78 is 0.919. The normalized spacial score (nSPS) is 10.3. The lowest BCUT2D eigenvalue weighted by molar-refractivity contribution is -0.385. The van der Waals surface area contributed by atoms with Crippen molar-refractivity contribution in [2.24, 2.45) is 0 Å². The number of rotatable bonds is 3. The summed E-state index contributed by atoms with van der Waals surface area (Å²) in [5, 5.41) is 13.5. The number of carbonyl (C=O) groups excluding carboxylic acids is 1. The van der Waals surface area contributed by atoms with E-state index in [0.717, 1.165) is 9.35 Å². The smallest absolute Gasteiger partial charge is 0.272 e. The molecule has 104 valence electrons. The molecule has 2 rings (SSSR count). The molecule has 1 N–H and O–H groups in total. The lowest BCUT2D eigenvalue weighted by Gasteiger charge is -2.05. The number of amides is 1. The number of aryl methyl sites for hydroxylation is 2. The SMILES string of the molecule is Cc1cc(NC(=O)c2cc(C)c(Br)s2)ccc1[N+](=O)[O-]. The number of hydrogen-bond donors (Lipinski definition) is 1. The zero-order valence-corrected chi connectivity index (χ0v) is 13.2. The number of nitrogens with zero attached hydrogens (tertiary/aromatic N) is 1. The van der Waals surface area contributed by atoms with Crippen molar-refractivity contribution >= 4 is 44.5 Å². The summed E-state index contributed by atoms with van der Waals surface area (Å²) in [4.78, 5) is 22.9. The van der Waals surface area contributed by atoms with Gasteiger partial charge in [0.15, 0.2) is 0 Å². The third-order valence-electron chi connectivity index (χ3n) is 2.73. The molecule has 0 radical (unpaired) electrons. The summed E-state index contributed by atoms with van der Waals surface area (Å²) in [6.07, 6.45) is 0. The van der Waals surface area contributed by atoms with Gasteiger partial charge >= 0.3 is 0 Å². The molecule has 0 atom stereocenters. The first-order valence-corrected chi connectivity index (χ1v) is 7.31. The van der Waals surface area contributed by atoms with Crippen molar-refractivity contribution in [2.45, 2.75) is 13.8 Å². The molecule has 0 bridgehead atoms. The van der Waals surface area contributed by atoms with Gasteiger partial charge in [-0.1, -0.05) is 0 Å². The lowest BCUT2D eigenvalue weighted by Crippen LogP contribution is -2.10. The molecule has 0 aliphatic carbocycles. The average Bonchev–Trinajstić information content (AvgIpc) is 2.69. The Labute approximate surface area is 127 Å². The Morgan fingerprint density at radius 3 is 2.50 bits per heavy atom. The molecule has 2 aromatic rings. The highest BCUT2D eigenvalue weighted by Crippen LogP contribution is 2.28. The summed E-state index contributed by atoms with van der Waals surface area (Å²) in [5.74, 6) is -0.225. The number of anilines is 1. The lowest BCUT2D eigenvalue weighted by atomic mass is 10.2. The minimum Gasteiger partial charge on any atom is -0.321 e. The van der Waals surface area contributed by atoms with Gasteiger partial charge in [0.25, 0.3) is 11.6 Å². The number of thiophene rings is 1. The van der Waals surface area contributed by atoms with E-state index in [1.54, 1.807) is 19.1 Å². The van der Waals surface area contributed by atoms with E-state index in [0.29, 0.717) is 16.1 Å². The number of nitro benzene ring substituents is 1. The van der Waals surface area contributed by atoms with Gasteiger partial charge in [-0.3, -0.25) is 14.9 Å². The van der Waals surface area contributed by atoms with Crippen LogP contribution in [0.5, 0.6) is 0 Å². The Balaban J connectivity index is 2.20. The Morgan fingerprint density at radius 2 is 2.00 bits per heavy atom. The van der Waals surface area contributed by atoms with Gasteiger partial charge in [-0.15, -0.1) is 11.3 Å². The van der Waals surface area contributed by atoms with Crippen LogP contribution >= 0.6 is 27.3 Å². The monoisotopic (exact) mass is 354 g/mol. The minimum absolute atomic E-state index is 0.0395. The largest absolute Gasteiger partial charge is 0.321 e. The Hall–Kier alpha value is -1.73. The first kappa shape index (κ1) is 14.7. The van der Waals surface area contributed by atoms with Gasteiger partial charge in [0.2, 0.25) is 0 Å². The molecule has 20 heavy (non-hydrogen) atoms. The summed E-state index contributed by atoms with van der Waals surface area (Å²) in [6.45, 7) is 3.55. The van der Waals surface area contributed by atoms with Crippen LogP contribution < -0.4 is 5.32 Å². The molecule has 0 aliphatic rings. The van der Waals surface area contributed by atoms with E-state index in [-0.39, 0.29) is 11.6 Å². The zero-order chi connectivity index (χ0) is 14.9. The van der Waals surface area contributed by atoms with Crippen molar-refractivity contribution in [3.05, 3.63) is 54.2 Å². The van der Waals surface area contributed by atoms with Gasteiger partial charge in [-0.05, 0) is 53.5 Å². The van der Waals surface area contributed by atoms with Crippen LogP contribution in [0.25, 0.3) is 0 Å². The van der Waals surface area contributed by atoms with Crippen LogP contribution in [0.3, 0.4) is 0 Å². The van der Waals surface area contributed by atoms with E-state index in [4.69, 9.17) is 0 Å². The average molecular weight is 355 g/mol. The fourth-order valence-corrected chi connectivity index (χ4v) is 3.13. The standard InChI is InChI=1S/C13H11BrN2O3S/c1-7-5-9(3-4-10(7)16(18)19)15-13(17)11-6-8(2)12(14)20-11/h3-6H,1-2H3,(H,15,17). The molecule has 0 aliphatic heterocycles. The van der Waals surface area contributed by atoms with E-state index in [1.807, 2.05) is 6.92 Å². The summed E-state index contributed by atoms with van der Waals surface area (Å²) in [5.41, 5.74) is 2.09. The molecular formula is C13H11BrN2O3S. The molecule has 1 aromatic carbocycles. The molecular weight excluding hydrogens is 344 g/mol. The molecule has 1 amide bonds. The van der Waals surface area contributed by atoms with E-state index >= 15 is 0 Å². The topological polar surface area (TPSA) is 72.2 Å². The van der Waals surface area contributed by atoms with Crippen LogP contribution in [0.1, 0.15) is 20.8 Å². The first-order chi connectivity index (χ1) is 9.38. The second-order valence-electron chi connectivity index (χ2n) is 4.28. The zero-order valence-electron chi connectivity index (χ0n) is 10.8. The van der Waals surface area contributed by atoms with Gasteiger partial charge in [0, 0.05) is 17.3 Å². The van der Waals surface area contributed by atoms with Gasteiger partial charge < -0.3 is 5.32 Å². The fraction of sp³-hybridized carbons (Fsp3) is 0.154. The summed E-state index contributed by atoms with van der Waals surface area (Å²) in [6, 6.07) is 6.30.